The van der Waals surface area contributed by atoms with Gasteiger partial charge in [-0.3, -0.25) is 0 Å². The van der Waals surface area contributed by atoms with Gasteiger partial charge in [0.2, 0.25) is 0 Å². The van der Waals surface area contributed by atoms with Crippen molar-refractivity contribution < 1.29 is 14.6 Å². The topological polar surface area (TPSA) is 46.5 Å². The molecular weight excluding hydrogens is 204 g/mol. The molecule has 3 nitrogen and oxygen atoms in total. The van der Waals surface area contributed by atoms with Crippen LogP contribution in [0.4, 0.5) is 0 Å². The first-order chi connectivity index (χ1) is 7.65. The summed E-state index contributed by atoms with van der Waals surface area (Å²) in [7, 11) is 0. The van der Waals surface area contributed by atoms with E-state index in [9.17, 15) is 9.90 Å². The standard InChI is InChI=1S/C13H24O3/c1-4-7-8-11(12(14)5-2)9-10-13(15)16-6-3/h9-12,14H,4-8H2,1-3H3/b10-9+/t11-,12-/m1/s1. The average Bonchev–Trinajstić information content (AvgIpc) is 2.28. The normalized spacial score (nSPS) is 15.0. The van der Waals surface area contributed by atoms with Crippen LogP contribution in [0.1, 0.15) is 46.5 Å². The summed E-state index contributed by atoms with van der Waals surface area (Å²) < 4.78 is 4.80. The van der Waals surface area contributed by atoms with Crippen molar-refractivity contribution in [2.24, 2.45) is 5.92 Å². The van der Waals surface area contributed by atoms with Crippen LogP contribution in [0.3, 0.4) is 0 Å². The third-order valence-corrected chi connectivity index (χ3v) is 2.57. The first-order valence-electron chi connectivity index (χ1n) is 6.18. The predicted octanol–water partition coefficient (Wildman–Crippen LogP) is 2.68. The van der Waals surface area contributed by atoms with Crippen LogP contribution in [0.15, 0.2) is 12.2 Å². The van der Waals surface area contributed by atoms with Gasteiger partial charge >= 0.3 is 5.97 Å². The van der Waals surface area contributed by atoms with E-state index in [1.54, 1.807) is 13.0 Å². The molecule has 16 heavy (non-hydrogen) atoms. The maximum absolute atomic E-state index is 11.1. The molecule has 0 aromatic heterocycles. The Kier molecular flexibility index (Phi) is 8.91. The van der Waals surface area contributed by atoms with Crippen molar-refractivity contribution >= 4 is 5.97 Å². The van der Waals surface area contributed by atoms with Gasteiger partial charge in [-0.15, -0.1) is 0 Å². The Balaban J connectivity index is 4.23. The quantitative estimate of drug-likeness (QED) is 0.513. The van der Waals surface area contributed by atoms with Crippen molar-refractivity contribution in [1.82, 2.24) is 0 Å². The highest BCUT2D eigenvalue weighted by Gasteiger charge is 2.14. The number of hydrogen-bond acceptors (Lipinski definition) is 3. The SMILES string of the molecule is CCCC[C@H](/C=C/C(=O)OCC)[C@H](O)CC. The van der Waals surface area contributed by atoms with Gasteiger partial charge in [0.15, 0.2) is 0 Å². The van der Waals surface area contributed by atoms with E-state index in [0.29, 0.717) is 13.0 Å². The zero-order valence-electron chi connectivity index (χ0n) is 10.6. The van der Waals surface area contributed by atoms with Crippen LogP contribution in [-0.2, 0) is 9.53 Å². The number of rotatable bonds is 8. The molecule has 0 aromatic rings. The molecule has 0 radical (unpaired) electrons. The van der Waals surface area contributed by atoms with E-state index in [1.165, 1.54) is 6.08 Å². The van der Waals surface area contributed by atoms with Crippen LogP contribution >= 0.6 is 0 Å². The van der Waals surface area contributed by atoms with Crippen LogP contribution in [0.25, 0.3) is 0 Å². The summed E-state index contributed by atoms with van der Waals surface area (Å²) in [6, 6.07) is 0. The fourth-order valence-electron chi connectivity index (χ4n) is 1.55. The highest BCUT2D eigenvalue weighted by Crippen LogP contribution is 2.17. The van der Waals surface area contributed by atoms with Gasteiger partial charge in [0.25, 0.3) is 0 Å². The van der Waals surface area contributed by atoms with Gasteiger partial charge in [0.1, 0.15) is 0 Å². The van der Waals surface area contributed by atoms with E-state index in [1.807, 2.05) is 6.92 Å². The largest absolute Gasteiger partial charge is 0.463 e. The molecule has 0 amide bonds. The van der Waals surface area contributed by atoms with Gasteiger partial charge in [-0.25, -0.2) is 4.79 Å². The highest BCUT2D eigenvalue weighted by molar-refractivity contribution is 5.81. The van der Waals surface area contributed by atoms with E-state index < -0.39 is 0 Å². The molecule has 0 saturated carbocycles. The lowest BCUT2D eigenvalue weighted by Crippen LogP contribution is -2.18. The summed E-state index contributed by atoms with van der Waals surface area (Å²) in [5.41, 5.74) is 0. The van der Waals surface area contributed by atoms with Crippen LogP contribution in [-0.4, -0.2) is 23.8 Å². The fraction of sp³-hybridized carbons (Fsp3) is 0.769. The molecule has 0 fully saturated rings. The predicted molar refractivity (Wildman–Crippen MR) is 65.1 cm³/mol. The van der Waals surface area contributed by atoms with Crippen molar-refractivity contribution in [2.45, 2.75) is 52.6 Å². The molecule has 0 saturated heterocycles. The van der Waals surface area contributed by atoms with Gasteiger partial charge in [-0.05, 0) is 19.8 Å². The number of esters is 1. The third-order valence-electron chi connectivity index (χ3n) is 2.57. The molecule has 0 aromatic carbocycles. The summed E-state index contributed by atoms with van der Waals surface area (Å²) in [4.78, 5) is 11.1. The Hall–Kier alpha value is -0.830. The number of hydrogen-bond donors (Lipinski definition) is 1. The van der Waals surface area contributed by atoms with Crippen molar-refractivity contribution in [1.29, 1.82) is 0 Å². The summed E-state index contributed by atoms with van der Waals surface area (Å²) in [5.74, 6) is -0.262. The van der Waals surface area contributed by atoms with Crippen LogP contribution in [0, 0.1) is 5.92 Å². The molecule has 0 aliphatic heterocycles. The van der Waals surface area contributed by atoms with Gasteiger partial charge in [0.05, 0.1) is 12.7 Å². The Labute approximate surface area is 98.5 Å². The Morgan fingerprint density at radius 1 is 1.38 bits per heavy atom. The molecule has 0 heterocycles. The summed E-state index contributed by atoms with van der Waals surface area (Å²) >= 11 is 0. The molecule has 1 N–H and O–H groups in total. The molecule has 3 heteroatoms. The third kappa shape index (κ3) is 6.62. The maximum Gasteiger partial charge on any atom is 0.330 e. The van der Waals surface area contributed by atoms with Crippen LogP contribution in [0.5, 0.6) is 0 Å². The number of carbonyl (C=O) groups is 1. The maximum atomic E-state index is 11.1. The molecule has 94 valence electrons. The van der Waals surface area contributed by atoms with Gasteiger partial charge in [-0.1, -0.05) is 32.8 Å². The van der Waals surface area contributed by atoms with Gasteiger partial charge in [0, 0.05) is 12.0 Å². The van der Waals surface area contributed by atoms with Crippen LogP contribution < -0.4 is 0 Å². The van der Waals surface area contributed by atoms with Crippen molar-refractivity contribution in [3.05, 3.63) is 12.2 Å². The molecule has 0 spiro atoms. The van der Waals surface area contributed by atoms with Crippen molar-refractivity contribution in [2.75, 3.05) is 6.61 Å². The average molecular weight is 228 g/mol. The van der Waals surface area contributed by atoms with Crippen LogP contribution in [0.2, 0.25) is 0 Å². The second kappa shape index (κ2) is 9.40. The minimum atomic E-state index is -0.364. The lowest BCUT2D eigenvalue weighted by Gasteiger charge is -2.17. The second-order valence-corrected chi connectivity index (χ2v) is 3.89. The number of unbranched alkanes of at least 4 members (excludes halogenated alkanes) is 1. The van der Waals surface area contributed by atoms with Crippen molar-refractivity contribution in [3.63, 3.8) is 0 Å². The lowest BCUT2D eigenvalue weighted by atomic mass is 9.94. The highest BCUT2D eigenvalue weighted by atomic mass is 16.5. The molecule has 0 bridgehead atoms. The smallest absolute Gasteiger partial charge is 0.330 e. The zero-order valence-corrected chi connectivity index (χ0v) is 10.6. The Morgan fingerprint density at radius 3 is 2.56 bits per heavy atom. The molecule has 2 atom stereocenters. The monoisotopic (exact) mass is 228 g/mol. The number of ether oxygens (including phenoxy) is 1. The fourth-order valence-corrected chi connectivity index (χ4v) is 1.55. The summed E-state index contributed by atoms with van der Waals surface area (Å²) in [6.07, 6.45) is 6.64. The minimum Gasteiger partial charge on any atom is -0.463 e. The number of aliphatic hydroxyl groups excluding tert-OH is 1. The van der Waals surface area contributed by atoms with E-state index in [-0.39, 0.29) is 18.0 Å². The zero-order chi connectivity index (χ0) is 12.4. The first-order valence-corrected chi connectivity index (χ1v) is 6.18. The number of aliphatic hydroxyl groups is 1. The van der Waals surface area contributed by atoms with E-state index in [4.69, 9.17) is 4.74 Å². The lowest BCUT2D eigenvalue weighted by molar-refractivity contribution is -0.137. The van der Waals surface area contributed by atoms with Crippen molar-refractivity contribution in [3.8, 4) is 0 Å². The summed E-state index contributed by atoms with van der Waals surface area (Å²) in [5, 5.41) is 9.78. The second-order valence-electron chi connectivity index (χ2n) is 3.89. The van der Waals surface area contributed by atoms with E-state index >= 15 is 0 Å². The summed E-state index contributed by atoms with van der Waals surface area (Å²) in [6.45, 7) is 6.23. The molecule has 0 unspecified atom stereocenters. The molecule has 0 rings (SSSR count). The molecule has 0 aliphatic rings. The van der Waals surface area contributed by atoms with Gasteiger partial charge < -0.3 is 9.84 Å². The molecular formula is C13H24O3. The number of carbonyl (C=O) groups excluding carboxylic acids is 1. The Bertz CT molecular complexity index is 211. The minimum absolute atomic E-state index is 0.0642. The first kappa shape index (κ1) is 15.2. The Morgan fingerprint density at radius 2 is 2.06 bits per heavy atom. The molecule has 0 aliphatic carbocycles. The van der Waals surface area contributed by atoms with E-state index in [2.05, 4.69) is 6.92 Å². The van der Waals surface area contributed by atoms with E-state index in [0.717, 1.165) is 19.3 Å². The van der Waals surface area contributed by atoms with Gasteiger partial charge in [-0.2, -0.15) is 0 Å².